The van der Waals surface area contributed by atoms with Crippen molar-refractivity contribution in [2.24, 2.45) is 7.05 Å². The smallest absolute Gasteiger partial charge is 0.0488 e. The standard InChI is InChI=1S/C38H29N.C13H11N/c1-2-29-13-15-31(16-14-29)32-17-19-33(20-18-32)35-23-27-38(28-24-35)39(36-11-7-4-8-12-36)37-25-21-34(22-26-37)30-9-5-3-6-10-30;1-14-12-8-4-2-6-10(12)11-7-3-5-9-13(11)14/h2-28H,1H2;2-9H,1H3. The van der Waals surface area contributed by atoms with E-state index in [0.717, 1.165) is 22.6 Å². The van der Waals surface area contributed by atoms with Crippen molar-refractivity contribution in [1.29, 1.82) is 0 Å². The molecule has 2 heteroatoms. The molecule has 1 aromatic heterocycles. The van der Waals surface area contributed by atoms with E-state index in [0.29, 0.717) is 0 Å². The molecule has 9 rings (SSSR count). The van der Waals surface area contributed by atoms with Crippen LogP contribution in [0.4, 0.5) is 17.1 Å². The number of aromatic nitrogens is 1. The molecule has 0 radical (unpaired) electrons. The zero-order valence-electron chi connectivity index (χ0n) is 29.8. The van der Waals surface area contributed by atoms with E-state index in [2.05, 4.69) is 229 Å². The first kappa shape index (κ1) is 33.3. The van der Waals surface area contributed by atoms with Crippen LogP contribution in [0.15, 0.2) is 213 Å². The highest BCUT2D eigenvalue weighted by atomic mass is 15.1. The third kappa shape index (κ3) is 7.04. The second-order valence-corrected chi connectivity index (χ2v) is 13.1. The average Bonchev–Trinajstić information content (AvgIpc) is 3.54. The fourth-order valence-corrected chi connectivity index (χ4v) is 7.05. The Labute approximate surface area is 312 Å². The average molecular weight is 681 g/mol. The lowest BCUT2D eigenvalue weighted by Gasteiger charge is -2.26. The number of para-hydroxylation sites is 3. The summed E-state index contributed by atoms with van der Waals surface area (Å²) in [6.45, 7) is 3.84. The first-order valence-electron chi connectivity index (χ1n) is 18.0. The number of benzene rings is 8. The molecule has 0 aliphatic rings. The molecule has 9 aromatic rings. The lowest BCUT2D eigenvalue weighted by Crippen LogP contribution is -2.09. The van der Waals surface area contributed by atoms with Gasteiger partial charge in [-0.15, -0.1) is 0 Å². The van der Waals surface area contributed by atoms with Gasteiger partial charge >= 0.3 is 0 Å². The molecule has 254 valence electrons. The van der Waals surface area contributed by atoms with E-state index in [4.69, 9.17) is 0 Å². The minimum absolute atomic E-state index is 1.12. The fourth-order valence-electron chi connectivity index (χ4n) is 7.05. The summed E-state index contributed by atoms with van der Waals surface area (Å²) < 4.78 is 2.24. The molecule has 0 aliphatic carbocycles. The Morgan fingerprint density at radius 3 is 1.11 bits per heavy atom. The predicted octanol–water partition coefficient (Wildman–Crippen LogP) is 14.1. The van der Waals surface area contributed by atoms with Gasteiger partial charge in [0.1, 0.15) is 0 Å². The van der Waals surface area contributed by atoms with Crippen LogP contribution < -0.4 is 4.90 Å². The van der Waals surface area contributed by atoms with Crippen molar-refractivity contribution in [2.75, 3.05) is 4.90 Å². The molecule has 0 spiro atoms. The second-order valence-electron chi connectivity index (χ2n) is 13.1. The lowest BCUT2D eigenvalue weighted by atomic mass is 9.99. The van der Waals surface area contributed by atoms with E-state index in [1.165, 1.54) is 55.2 Å². The molecule has 8 aromatic carbocycles. The summed E-state index contributed by atoms with van der Waals surface area (Å²) in [5.74, 6) is 0. The van der Waals surface area contributed by atoms with Crippen LogP contribution in [0.2, 0.25) is 0 Å². The van der Waals surface area contributed by atoms with Gasteiger partial charge in [0.25, 0.3) is 0 Å². The molecule has 2 nitrogen and oxygen atoms in total. The van der Waals surface area contributed by atoms with Gasteiger partial charge in [-0.2, -0.15) is 0 Å². The van der Waals surface area contributed by atoms with Gasteiger partial charge in [0.15, 0.2) is 0 Å². The van der Waals surface area contributed by atoms with Crippen molar-refractivity contribution in [3.8, 4) is 33.4 Å². The molecule has 0 bridgehead atoms. The Morgan fingerprint density at radius 2 is 0.679 bits per heavy atom. The van der Waals surface area contributed by atoms with Gasteiger partial charge in [0.05, 0.1) is 0 Å². The Morgan fingerprint density at radius 1 is 0.358 bits per heavy atom. The third-order valence-electron chi connectivity index (χ3n) is 9.89. The van der Waals surface area contributed by atoms with Gasteiger partial charge in [-0.05, 0) is 87.5 Å². The highest BCUT2D eigenvalue weighted by Crippen LogP contribution is 2.37. The number of rotatable bonds is 7. The van der Waals surface area contributed by atoms with Crippen LogP contribution in [0.1, 0.15) is 5.56 Å². The first-order valence-corrected chi connectivity index (χ1v) is 18.0. The molecule has 1 heterocycles. The van der Waals surface area contributed by atoms with Crippen molar-refractivity contribution in [3.05, 3.63) is 218 Å². The summed E-state index contributed by atoms with van der Waals surface area (Å²) >= 11 is 0. The highest BCUT2D eigenvalue weighted by Gasteiger charge is 2.13. The molecule has 0 saturated heterocycles. The minimum atomic E-state index is 1.12. The molecular formula is C51H40N2. The van der Waals surface area contributed by atoms with Crippen LogP contribution in [0.25, 0.3) is 61.3 Å². The molecule has 0 fully saturated rings. The van der Waals surface area contributed by atoms with Gasteiger partial charge < -0.3 is 9.47 Å². The quantitative estimate of drug-likeness (QED) is 0.163. The second kappa shape index (κ2) is 15.1. The first-order chi connectivity index (χ1) is 26.2. The minimum Gasteiger partial charge on any atom is -0.344 e. The van der Waals surface area contributed by atoms with Crippen molar-refractivity contribution in [2.45, 2.75) is 0 Å². The van der Waals surface area contributed by atoms with Gasteiger partial charge in [-0.25, -0.2) is 0 Å². The maximum atomic E-state index is 3.84. The van der Waals surface area contributed by atoms with E-state index in [1.807, 2.05) is 6.08 Å². The van der Waals surface area contributed by atoms with Crippen molar-refractivity contribution in [3.63, 3.8) is 0 Å². The summed E-state index contributed by atoms with van der Waals surface area (Å²) in [6.07, 6.45) is 1.87. The maximum absolute atomic E-state index is 3.84. The number of nitrogens with zero attached hydrogens (tertiary/aromatic N) is 2. The summed E-state index contributed by atoms with van der Waals surface area (Å²) in [5, 5.41) is 2.68. The molecular weight excluding hydrogens is 641 g/mol. The van der Waals surface area contributed by atoms with Crippen LogP contribution in [0.3, 0.4) is 0 Å². The molecule has 0 amide bonds. The Kier molecular flexibility index (Phi) is 9.50. The zero-order valence-corrected chi connectivity index (χ0v) is 29.8. The number of hydrogen-bond donors (Lipinski definition) is 0. The van der Waals surface area contributed by atoms with Crippen molar-refractivity contribution < 1.29 is 0 Å². The topological polar surface area (TPSA) is 8.17 Å². The van der Waals surface area contributed by atoms with E-state index < -0.39 is 0 Å². The highest BCUT2D eigenvalue weighted by molar-refractivity contribution is 6.07. The van der Waals surface area contributed by atoms with Gasteiger partial charge in [-0.1, -0.05) is 170 Å². The molecule has 0 aliphatic heterocycles. The molecule has 53 heavy (non-hydrogen) atoms. The van der Waals surface area contributed by atoms with Crippen LogP contribution in [-0.2, 0) is 7.05 Å². The number of hydrogen-bond acceptors (Lipinski definition) is 1. The SMILES string of the molecule is C=Cc1ccc(-c2ccc(-c3ccc(N(c4ccccc4)c4ccc(-c5ccccc5)cc4)cc3)cc2)cc1.Cn1c2ccccc2c2ccccc21. The fraction of sp³-hybridized carbons (Fsp3) is 0.0196. The van der Waals surface area contributed by atoms with Crippen LogP contribution in [0.5, 0.6) is 0 Å². The lowest BCUT2D eigenvalue weighted by molar-refractivity contribution is 1.01. The van der Waals surface area contributed by atoms with Gasteiger partial charge in [0.2, 0.25) is 0 Å². The summed E-state index contributed by atoms with van der Waals surface area (Å²) in [6, 6.07) is 72.9. The number of anilines is 3. The van der Waals surface area contributed by atoms with Gasteiger partial charge in [0, 0.05) is 45.9 Å². The Bertz CT molecular complexity index is 2530. The normalized spacial score (nSPS) is 10.8. The number of fused-ring (bicyclic) bond motifs is 3. The van der Waals surface area contributed by atoms with E-state index >= 15 is 0 Å². The summed E-state index contributed by atoms with van der Waals surface area (Å²) in [4.78, 5) is 2.30. The summed E-state index contributed by atoms with van der Waals surface area (Å²) in [5.41, 5.74) is 14.4. The number of aryl methyl sites for hydroxylation is 1. The Balaban J connectivity index is 0.000000237. The zero-order chi connectivity index (χ0) is 36.0. The Hall–Kier alpha value is -6.90. The van der Waals surface area contributed by atoms with Crippen LogP contribution in [-0.4, -0.2) is 4.57 Å². The summed E-state index contributed by atoms with van der Waals surface area (Å²) in [7, 11) is 2.12. The van der Waals surface area contributed by atoms with Crippen LogP contribution >= 0.6 is 0 Å². The monoisotopic (exact) mass is 680 g/mol. The predicted molar refractivity (Wildman–Crippen MR) is 228 cm³/mol. The van der Waals surface area contributed by atoms with Crippen LogP contribution in [0, 0.1) is 0 Å². The van der Waals surface area contributed by atoms with E-state index in [1.54, 1.807) is 0 Å². The molecule has 0 saturated carbocycles. The third-order valence-corrected chi connectivity index (χ3v) is 9.89. The molecule has 0 atom stereocenters. The largest absolute Gasteiger partial charge is 0.344 e. The van der Waals surface area contributed by atoms with E-state index in [9.17, 15) is 0 Å². The molecule has 0 N–H and O–H groups in total. The maximum Gasteiger partial charge on any atom is 0.0488 e. The van der Waals surface area contributed by atoms with Gasteiger partial charge in [-0.3, -0.25) is 0 Å². The molecule has 0 unspecified atom stereocenters. The van der Waals surface area contributed by atoms with Crippen molar-refractivity contribution >= 4 is 44.9 Å². The van der Waals surface area contributed by atoms with E-state index in [-0.39, 0.29) is 0 Å². The van der Waals surface area contributed by atoms with Crippen molar-refractivity contribution in [1.82, 2.24) is 4.57 Å².